The molecule has 0 radical (unpaired) electrons. The molecule has 0 fully saturated rings. The minimum Gasteiger partial charge on any atom is -0.289 e. The second-order valence-corrected chi connectivity index (χ2v) is 3.25. The summed E-state index contributed by atoms with van der Waals surface area (Å²) in [5.74, 6) is -0.205. The van der Waals surface area contributed by atoms with Crippen LogP contribution in [0.5, 0.6) is 0 Å². The molecule has 3 nitrogen and oxygen atoms in total. The molecule has 0 spiro atoms. The van der Waals surface area contributed by atoms with Gasteiger partial charge in [0.25, 0.3) is 0 Å². The molecule has 2 aliphatic carbocycles. The first-order valence-electron chi connectivity index (χ1n) is 4.25. The first-order chi connectivity index (χ1) is 6.77. The Bertz CT molecular complexity index is 481. The second-order valence-electron chi connectivity index (χ2n) is 3.25. The Kier molecular flexibility index (Phi) is 1.19. The highest BCUT2D eigenvalue weighted by Crippen LogP contribution is 2.31. The molecule has 0 saturated carbocycles. The SMILES string of the molecule is O=C1C=CC2=C3C1=CN=C3C(=O)C=C2. The molecule has 14 heavy (non-hydrogen) atoms. The van der Waals surface area contributed by atoms with Gasteiger partial charge in [0.1, 0.15) is 5.71 Å². The van der Waals surface area contributed by atoms with E-state index in [1.54, 1.807) is 12.2 Å². The summed E-state index contributed by atoms with van der Waals surface area (Å²) in [6.45, 7) is 0. The van der Waals surface area contributed by atoms with Crippen molar-refractivity contribution >= 4 is 17.3 Å². The van der Waals surface area contributed by atoms with Crippen LogP contribution in [-0.4, -0.2) is 17.3 Å². The van der Waals surface area contributed by atoms with Crippen LogP contribution in [0.2, 0.25) is 0 Å². The van der Waals surface area contributed by atoms with Crippen molar-refractivity contribution in [2.75, 3.05) is 0 Å². The van der Waals surface area contributed by atoms with E-state index in [0.717, 1.165) is 5.57 Å². The van der Waals surface area contributed by atoms with Crippen molar-refractivity contribution in [2.45, 2.75) is 0 Å². The predicted molar refractivity (Wildman–Crippen MR) is 50.8 cm³/mol. The summed E-state index contributed by atoms with van der Waals surface area (Å²) in [6, 6.07) is 0. The highest BCUT2D eigenvalue weighted by atomic mass is 16.1. The summed E-state index contributed by atoms with van der Waals surface area (Å²) in [7, 11) is 0. The van der Waals surface area contributed by atoms with Crippen LogP contribution in [0.1, 0.15) is 0 Å². The van der Waals surface area contributed by atoms with Crippen molar-refractivity contribution in [3.05, 3.63) is 47.2 Å². The molecule has 0 bridgehead atoms. The molecule has 0 amide bonds. The summed E-state index contributed by atoms with van der Waals surface area (Å²) >= 11 is 0. The maximum atomic E-state index is 11.4. The monoisotopic (exact) mass is 183 g/mol. The van der Waals surface area contributed by atoms with E-state index in [9.17, 15) is 9.59 Å². The van der Waals surface area contributed by atoms with E-state index in [1.165, 1.54) is 18.4 Å². The number of hydrogen-bond donors (Lipinski definition) is 0. The van der Waals surface area contributed by atoms with Gasteiger partial charge in [0.2, 0.25) is 5.78 Å². The van der Waals surface area contributed by atoms with Gasteiger partial charge >= 0.3 is 0 Å². The van der Waals surface area contributed by atoms with Crippen LogP contribution in [0.4, 0.5) is 0 Å². The summed E-state index contributed by atoms with van der Waals surface area (Å²) < 4.78 is 0. The van der Waals surface area contributed by atoms with Gasteiger partial charge in [0, 0.05) is 11.8 Å². The van der Waals surface area contributed by atoms with Crippen LogP contribution in [-0.2, 0) is 9.59 Å². The van der Waals surface area contributed by atoms with Gasteiger partial charge in [-0.2, -0.15) is 0 Å². The third-order valence-corrected chi connectivity index (χ3v) is 2.44. The summed E-state index contributed by atoms with van der Waals surface area (Å²) in [4.78, 5) is 26.8. The van der Waals surface area contributed by atoms with Crippen LogP contribution < -0.4 is 0 Å². The number of carbonyl (C=O) groups excluding carboxylic acids is 2. The van der Waals surface area contributed by atoms with E-state index >= 15 is 0 Å². The van der Waals surface area contributed by atoms with E-state index in [4.69, 9.17) is 0 Å². The van der Waals surface area contributed by atoms with Crippen molar-refractivity contribution in [3.63, 3.8) is 0 Å². The predicted octanol–water partition coefficient (Wildman–Crippen LogP) is 0.899. The van der Waals surface area contributed by atoms with Gasteiger partial charge in [-0.25, -0.2) is 0 Å². The lowest BCUT2D eigenvalue weighted by Crippen LogP contribution is -2.21. The smallest absolute Gasteiger partial charge is 0.204 e. The molecule has 3 rings (SSSR count). The van der Waals surface area contributed by atoms with Crippen molar-refractivity contribution in [2.24, 2.45) is 4.99 Å². The van der Waals surface area contributed by atoms with E-state index < -0.39 is 0 Å². The van der Waals surface area contributed by atoms with E-state index in [0.29, 0.717) is 16.9 Å². The van der Waals surface area contributed by atoms with Crippen molar-refractivity contribution in [1.29, 1.82) is 0 Å². The number of aliphatic imine (C=N–C) groups is 1. The molecule has 0 atom stereocenters. The Labute approximate surface area is 79.8 Å². The zero-order chi connectivity index (χ0) is 9.71. The Hall–Kier alpha value is -2.03. The minimum absolute atomic E-state index is 0.0781. The van der Waals surface area contributed by atoms with Crippen molar-refractivity contribution in [3.8, 4) is 0 Å². The fraction of sp³-hybridized carbons (Fsp3) is 0. The zero-order valence-electron chi connectivity index (χ0n) is 7.15. The molecule has 0 N–H and O–H groups in total. The van der Waals surface area contributed by atoms with Crippen LogP contribution in [0.3, 0.4) is 0 Å². The number of allylic oxidation sites excluding steroid dienone is 7. The lowest BCUT2D eigenvalue weighted by Gasteiger charge is -2.14. The highest BCUT2D eigenvalue weighted by Gasteiger charge is 2.31. The van der Waals surface area contributed by atoms with E-state index in [1.807, 2.05) is 0 Å². The molecule has 0 aromatic rings. The number of hydrogen-bond acceptors (Lipinski definition) is 3. The Morgan fingerprint density at radius 3 is 2.43 bits per heavy atom. The van der Waals surface area contributed by atoms with Crippen LogP contribution in [0.15, 0.2) is 52.2 Å². The van der Waals surface area contributed by atoms with E-state index in [-0.39, 0.29) is 11.6 Å². The van der Waals surface area contributed by atoms with Crippen LogP contribution in [0.25, 0.3) is 0 Å². The van der Waals surface area contributed by atoms with Gasteiger partial charge in [-0.3, -0.25) is 14.6 Å². The molecule has 1 heterocycles. The first kappa shape index (κ1) is 7.38. The average Bonchev–Trinajstić information content (AvgIpc) is 2.62. The van der Waals surface area contributed by atoms with Gasteiger partial charge in [0.15, 0.2) is 5.78 Å². The fourth-order valence-corrected chi connectivity index (χ4v) is 1.77. The Morgan fingerprint density at radius 2 is 1.64 bits per heavy atom. The maximum absolute atomic E-state index is 11.4. The van der Waals surface area contributed by atoms with Gasteiger partial charge in [-0.1, -0.05) is 12.2 Å². The molecule has 1 aliphatic heterocycles. The molecule has 0 aromatic heterocycles. The molecule has 3 heteroatoms. The average molecular weight is 183 g/mol. The van der Waals surface area contributed by atoms with Gasteiger partial charge in [-0.15, -0.1) is 0 Å². The molecular formula is C11H5NO2. The fourth-order valence-electron chi connectivity index (χ4n) is 1.77. The second kappa shape index (κ2) is 2.26. The van der Waals surface area contributed by atoms with Crippen LogP contribution >= 0.6 is 0 Å². The molecule has 0 aromatic carbocycles. The Morgan fingerprint density at radius 1 is 0.929 bits per heavy atom. The standard InChI is InChI=1S/C11H5NO2/c13-8-3-1-6-2-4-9(14)11-10(6)7(8)5-12-11/h1-5H. The molecule has 3 aliphatic rings. The van der Waals surface area contributed by atoms with Gasteiger partial charge < -0.3 is 0 Å². The Balaban J connectivity index is 2.30. The molecule has 0 saturated heterocycles. The lowest BCUT2D eigenvalue weighted by molar-refractivity contribution is -0.111. The third-order valence-electron chi connectivity index (χ3n) is 2.44. The minimum atomic E-state index is -0.127. The summed E-state index contributed by atoms with van der Waals surface area (Å²) in [6.07, 6.45) is 7.90. The first-order valence-corrected chi connectivity index (χ1v) is 4.25. The number of ketones is 2. The van der Waals surface area contributed by atoms with Gasteiger partial charge in [-0.05, 0) is 17.7 Å². The lowest BCUT2D eigenvalue weighted by atomic mass is 9.85. The number of nitrogens with zero attached hydrogens (tertiary/aromatic N) is 1. The van der Waals surface area contributed by atoms with Crippen molar-refractivity contribution in [1.82, 2.24) is 0 Å². The molecule has 0 unspecified atom stereocenters. The highest BCUT2D eigenvalue weighted by molar-refractivity contribution is 6.54. The topological polar surface area (TPSA) is 46.5 Å². The number of rotatable bonds is 0. The molecular weight excluding hydrogens is 178 g/mol. The third kappa shape index (κ3) is 0.738. The van der Waals surface area contributed by atoms with Gasteiger partial charge in [0.05, 0.1) is 5.57 Å². The van der Waals surface area contributed by atoms with Crippen LogP contribution in [0, 0.1) is 0 Å². The largest absolute Gasteiger partial charge is 0.289 e. The summed E-state index contributed by atoms with van der Waals surface area (Å²) in [5.41, 5.74) is 2.53. The van der Waals surface area contributed by atoms with Crippen molar-refractivity contribution < 1.29 is 9.59 Å². The maximum Gasteiger partial charge on any atom is 0.204 e. The van der Waals surface area contributed by atoms with E-state index in [2.05, 4.69) is 4.99 Å². The zero-order valence-corrected chi connectivity index (χ0v) is 7.15. The number of carbonyl (C=O) groups is 2. The normalized spacial score (nSPS) is 22.6. The molecule has 66 valence electrons. The quantitative estimate of drug-likeness (QED) is 0.524. The summed E-state index contributed by atoms with van der Waals surface area (Å²) in [5, 5.41) is 0.